The molecule has 1 atom stereocenters. The van der Waals surface area contributed by atoms with Crippen LogP contribution < -0.4 is 5.32 Å². The molecule has 0 aromatic heterocycles. The van der Waals surface area contributed by atoms with Gasteiger partial charge in [-0.05, 0) is 26.8 Å². The molecule has 0 amide bonds. The van der Waals surface area contributed by atoms with Gasteiger partial charge in [0, 0.05) is 18.6 Å². The molecule has 1 N–H and O–H groups in total. The van der Waals surface area contributed by atoms with Crippen molar-refractivity contribution >= 4 is 0 Å². The van der Waals surface area contributed by atoms with Gasteiger partial charge in [0.15, 0.2) is 0 Å². The van der Waals surface area contributed by atoms with Gasteiger partial charge in [0.2, 0.25) is 0 Å². The maximum atomic E-state index is 5.14. The van der Waals surface area contributed by atoms with Gasteiger partial charge in [0.25, 0.3) is 0 Å². The maximum absolute atomic E-state index is 5.14. The van der Waals surface area contributed by atoms with Crippen molar-refractivity contribution in [3.05, 3.63) is 0 Å². The van der Waals surface area contributed by atoms with E-state index in [1.165, 1.54) is 19.5 Å². The lowest BCUT2D eigenvalue weighted by molar-refractivity contribution is -0.00959. The lowest BCUT2D eigenvalue weighted by Gasteiger charge is -2.30. The van der Waals surface area contributed by atoms with Crippen molar-refractivity contribution in [1.82, 2.24) is 10.2 Å². The third-order valence-electron chi connectivity index (χ3n) is 3.06. The van der Waals surface area contributed by atoms with E-state index < -0.39 is 0 Å². The van der Waals surface area contributed by atoms with E-state index in [0.29, 0.717) is 18.1 Å². The first-order valence-electron chi connectivity index (χ1n) is 5.33. The van der Waals surface area contributed by atoms with Crippen LogP contribution in [0.4, 0.5) is 0 Å². The fraction of sp³-hybridized carbons (Fsp3) is 1.00. The molecule has 0 aromatic rings. The molecule has 0 bridgehead atoms. The zero-order valence-corrected chi connectivity index (χ0v) is 8.62. The van der Waals surface area contributed by atoms with Gasteiger partial charge in [0.1, 0.15) is 0 Å². The topological polar surface area (TPSA) is 24.5 Å². The molecule has 0 radical (unpaired) electrons. The van der Waals surface area contributed by atoms with Gasteiger partial charge >= 0.3 is 0 Å². The molecular weight excluding hydrogens is 164 g/mol. The van der Waals surface area contributed by atoms with Gasteiger partial charge in [-0.15, -0.1) is 0 Å². The summed E-state index contributed by atoms with van der Waals surface area (Å²) in [5.74, 6) is 0. The molecule has 0 aliphatic carbocycles. The molecule has 2 aliphatic heterocycles. The fourth-order valence-corrected chi connectivity index (χ4v) is 2.06. The number of likely N-dealkylation sites (tertiary alicyclic amines) is 1. The standard InChI is InChI=1S/C10H20N2O/c1-8(2)12-4-3-9(5-12)11-10-6-13-7-10/h8-11H,3-7H2,1-2H3/t9-/m0/s1. The number of nitrogens with one attached hydrogen (secondary N) is 1. The van der Waals surface area contributed by atoms with E-state index >= 15 is 0 Å². The summed E-state index contributed by atoms with van der Waals surface area (Å²) in [6.07, 6.45) is 1.30. The van der Waals surface area contributed by atoms with Crippen molar-refractivity contribution in [1.29, 1.82) is 0 Å². The van der Waals surface area contributed by atoms with Crippen molar-refractivity contribution in [2.75, 3.05) is 26.3 Å². The Labute approximate surface area is 80.4 Å². The van der Waals surface area contributed by atoms with Crippen LogP contribution in [0.25, 0.3) is 0 Å². The Morgan fingerprint density at radius 2 is 2.08 bits per heavy atom. The van der Waals surface area contributed by atoms with E-state index in [9.17, 15) is 0 Å². The quantitative estimate of drug-likeness (QED) is 0.689. The molecule has 2 fully saturated rings. The second kappa shape index (κ2) is 3.95. The van der Waals surface area contributed by atoms with Gasteiger partial charge in [-0.25, -0.2) is 0 Å². The Morgan fingerprint density at radius 1 is 1.31 bits per heavy atom. The lowest BCUT2D eigenvalue weighted by Crippen LogP contribution is -2.51. The molecule has 2 heterocycles. The molecule has 2 aliphatic rings. The van der Waals surface area contributed by atoms with Crippen LogP contribution in [-0.4, -0.2) is 49.3 Å². The van der Waals surface area contributed by atoms with Crippen LogP contribution in [0.5, 0.6) is 0 Å². The summed E-state index contributed by atoms with van der Waals surface area (Å²) in [6, 6.07) is 2.04. The minimum Gasteiger partial charge on any atom is -0.378 e. The summed E-state index contributed by atoms with van der Waals surface area (Å²) in [6.45, 7) is 8.84. The summed E-state index contributed by atoms with van der Waals surface area (Å²) in [5, 5.41) is 3.63. The number of hydrogen-bond acceptors (Lipinski definition) is 3. The summed E-state index contributed by atoms with van der Waals surface area (Å²) in [7, 11) is 0. The molecular formula is C10H20N2O. The van der Waals surface area contributed by atoms with E-state index in [-0.39, 0.29) is 0 Å². The monoisotopic (exact) mass is 184 g/mol. The lowest BCUT2D eigenvalue weighted by atomic mass is 10.2. The largest absolute Gasteiger partial charge is 0.378 e. The highest BCUT2D eigenvalue weighted by Crippen LogP contribution is 2.14. The van der Waals surface area contributed by atoms with Gasteiger partial charge in [0.05, 0.1) is 19.3 Å². The number of nitrogens with zero attached hydrogens (tertiary/aromatic N) is 1. The first-order chi connectivity index (χ1) is 6.25. The average molecular weight is 184 g/mol. The Kier molecular flexibility index (Phi) is 2.86. The number of ether oxygens (including phenoxy) is 1. The van der Waals surface area contributed by atoms with E-state index in [2.05, 4.69) is 24.1 Å². The molecule has 13 heavy (non-hydrogen) atoms. The Balaban J connectivity index is 1.71. The van der Waals surface area contributed by atoms with Crippen molar-refractivity contribution in [3.8, 4) is 0 Å². The van der Waals surface area contributed by atoms with Gasteiger partial charge < -0.3 is 10.1 Å². The van der Waals surface area contributed by atoms with E-state index in [1.54, 1.807) is 0 Å². The predicted molar refractivity (Wildman–Crippen MR) is 52.9 cm³/mol. The van der Waals surface area contributed by atoms with Crippen LogP contribution in [0, 0.1) is 0 Å². The predicted octanol–water partition coefficient (Wildman–Crippen LogP) is 0.457. The first kappa shape index (κ1) is 9.44. The van der Waals surface area contributed by atoms with Crippen molar-refractivity contribution in [3.63, 3.8) is 0 Å². The van der Waals surface area contributed by atoms with Crippen LogP contribution in [-0.2, 0) is 4.74 Å². The third-order valence-corrected chi connectivity index (χ3v) is 3.06. The molecule has 0 saturated carbocycles. The summed E-state index contributed by atoms with van der Waals surface area (Å²) in [5.41, 5.74) is 0. The Hall–Kier alpha value is -0.120. The molecule has 3 heteroatoms. The van der Waals surface area contributed by atoms with Crippen LogP contribution >= 0.6 is 0 Å². The van der Waals surface area contributed by atoms with Crippen LogP contribution in [0.2, 0.25) is 0 Å². The first-order valence-corrected chi connectivity index (χ1v) is 5.33. The van der Waals surface area contributed by atoms with E-state index in [0.717, 1.165) is 13.2 Å². The Bertz CT molecular complexity index is 168. The highest BCUT2D eigenvalue weighted by molar-refractivity contribution is 4.86. The summed E-state index contributed by atoms with van der Waals surface area (Å²) < 4.78 is 5.14. The second-order valence-corrected chi connectivity index (χ2v) is 4.48. The van der Waals surface area contributed by atoms with E-state index in [1.807, 2.05) is 0 Å². The molecule has 2 rings (SSSR count). The zero-order valence-electron chi connectivity index (χ0n) is 8.62. The number of hydrogen-bond donors (Lipinski definition) is 1. The Morgan fingerprint density at radius 3 is 2.54 bits per heavy atom. The second-order valence-electron chi connectivity index (χ2n) is 4.48. The number of rotatable bonds is 3. The maximum Gasteiger partial charge on any atom is 0.0643 e. The highest BCUT2D eigenvalue weighted by atomic mass is 16.5. The van der Waals surface area contributed by atoms with Crippen molar-refractivity contribution in [2.24, 2.45) is 0 Å². The molecule has 0 spiro atoms. The third kappa shape index (κ3) is 2.22. The fourth-order valence-electron chi connectivity index (χ4n) is 2.06. The minimum atomic E-state index is 0.636. The van der Waals surface area contributed by atoms with E-state index in [4.69, 9.17) is 4.74 Å². The SMILES string of the molecule is CC(C)N1CC[C@H](NC2COC2)C1. The van der Waals surface area contributed by atoms with Crippen LogP contribution in [0.15, 0.2) is 0 Å². The smallest absolute Gasteiger partial charge is 0.0643 e. The molecule has 2 saturated heterocycles. The van der Waals surface area contributed by atoms with Crippen molar-refractivity contribution in [2.45, 2.75) is 38.4 Å². The van der Waals surface area contributed by atoms with Crippen LogP contribution in [0.1, 0.15) is 20.3 Å². The molecule has 0 aromatic carbocycles. The van der Waals surface area contributed by atoms with Crippen molar-refractivity contribution < 1.29 is 4.74 Å². The molecule has 0 unspecified atom stereocenters. The van der Waals surface area contributed by atoms with Crippen LogP contribution in [0.3, 0.4) is 0 Å². The average Bonchev–Trinajstić information content (AvgIpc) is 2.44. The van der Waals surface area contributed by atoms with Gasteiger partial charge in [-0.1, -0.05) is 0 Å². The minimum absolute atomic E-state index is 0.636. The summed E-state index contributed by atoms with van der Waals surface area (Å²) >= 11 is 0. The van der Waals surface area contributed by atoms with Gasteiger partial charge in [-0.2, -0.15) is 0 Å². The highest BCUT2D eigenvalue weighted by Gasteiger charge is 2.28. The van der Waals surface area contributed by atoms with Gasteiger partial charge in [-0.3, -0.25) is 4.90 Å². The zero-order chi connectivity index (χ0) is 9.26. The molecule has 3 nitrogen and oxygen atoms in total. The molecule has 76 valence electrons. The summed E-state index contributed by atoms with van der Waals surface area (Å²) in [4.78, 5) is 2.54. The normalized spacial score (nSPS) is 31.2.